The molecular formula is C15H25NO3. The normalized spacial score (nSPS) is 14.6. The number of hydrogen-bond acceptors (Lipinski definition) is 4. The Labute approximate surface area is 115 Å². The maximum absolute atomic E-state index is 9.83. The molecule has 0 amide bonds. The first-order chi connectivity index (χ1) is 9.08. The van der Waals surface area contributed by atoms with Crippen LogP contribution in [-0.4, -0.2) is 54.1 Å². The lowest BCUT2D eigenvalue weighted by atomic mass is 10.2. The molecular weight excluding hydrogens is 242 g/mol. The van der Waals surface area contributed by atoms with Gasteiger partial charge in [0, 0.05) is 13.1 Å². The molecule has 108 valence electrons. The van der Waals surface area contributed by atoms with Crippen molar-refractivity contribution in [1.82, 2.24) is 4.90 Å². The van der Waals surface area contributed by atoms with Gasteiger partial charge in [0.05, 0.1) is 25.4 Å². The molecule has 1 rings (SSSR count). The van der Waals surface area contributed by atoms with E-state index in [-0.39, 0.29) is 6.10 Å². The summed E-state index contributed by atoms with van der Waals surface area (Å²) in [7, 11) is 1.93. The van der Waals surface area contributed by atoms with Gasteiger partial charge in [-0.15, -0.1) is 0 Å². The fraction of sp³-hybridized carbons (Fsp3) is 0.600. The summed E-state index contributed by atoms with van der Waals surface area (Å²) < 4.78 is 5.48. The molecule has 0 fully saturated rings. The fourth-order valence-electron chi connectivity index (χ4n) is 1.80. The molecule has 4 heteroatoms. The van der Waals surface area contributed by atoms with E-state index in [4.69, 9.17) is 4.74 Å². The smallest absolute Gasteiger partial charge is 0.0900 e. The SMILES string of the molecule is CC(O)CCN(C)CC(O)COCc1ccccc1. The molecule has 0 saturated heterocycles. The molecule has 1 aromatic carbocycles. The van der Waals surface area contributed by atoms with E-state index in [2.05, 4.69) is 0 Å². The van der Waals surface area contributed by atoms with E-state index in [0.717, 1.165) is 12.1 Å². The Bertz CT molecular complexity index is 329. The first-order valence-electron chi connectivity index (χ1n) is 6.74. The number of aliphatic hydroxyl groups is 2. The van der Waals surface area contributed by atoms with Crippen LogP contribution in [0.5, 0.6) is 0 Å². The molecule has 1 aromatic rings. The zero-order valence-electron chi connectivity index (χ0n) is 11.8. The van der Waals surface area contributed by atoms with Crippen molar-refractivity contribution in [2.75, 3.05) is 26.7 Å². The minimum absolute atomic E-state index is 0.297. The van der Waals surface area contributed by atoms with Gasteiger partial charge in [0.15, 0.2) is 0 Å². The third kappa shape index (κ3) is 7.95. The van der Waals surface area contributed by atoms with Crippen LogP contribution in [0.4, 0.5) is 0 Å². The lowest BCUT2D eigenvalue weighted by Crippen LogP contribution is -2.33. The monoisotopic (exact) mass is 267 g/mol. The lowest BCUT2D eigenvalue weighted by molar-refractivity contribution is 0.0122. The molecule has 0 radical (unpaired) electrons. The Morgan fingerprint density at radius 2 is 1.89 bits per heavy atom. The van der Waals surface area contributed by atoms with Crippen molar-refractivity contribution >= 4 is 0 Å². The van der Waals surface area contributed by atoms with Crippen molar-refractivity contribution in [3.8, 4) is 0 Å². The van der Waals surface area contributed by atoms with Crippen molar-refractivity contribution in [1.29, 1.82) is 0 Å². The van der Waals surface area contributed by atoms with Gasteiger partial charge >= 0.3 is 0 Å². The maximum atomic E-state index is 9.83. The molecule has 0 aromatic heterocycles. The number of rotatable bonds is 9. The highest BCUT2D eigenvalue weighted by Crippen LogP contribution is 2.02. The number of benzene rings is 1. The molecule has 2 N–H and O–H groups in total. The molecule has 0 saturated carbocycles. The number of aliphatic hydroxyl groups excluding tert-OH is 2. The van der Waals surface area contributed by atoms with Gasteiger partial charge in [0.1, 0.15) is 0 Å². The van der Waals surface area contributed by atoms with Gasteiger partial charge in [-0.2, -0.15) is 0 Å². The van der Waals surface area contributed by atoms with E-state index in [1.54, 1.807) is 6.92 Å². The van der Waals surface area contributed by atoms with Gasteiger partial charge in [0.25, 0.3) is 0 Å². The largest absolute Gasteiger partial charge is 0.393 e. The van der Waals surface area contributed by atoms with Gasteiger partial charge in [-0.05, 0) is 26.0 Å². The van der Waals surface area contributed by atoms with Crippen LogP contribution in [0.2, 0.25) is 0 Å². The predicted octanol–water partition coefficient (Wildman–Crippen LogP) is 1.27. The molecule has 0 aliphatic heterocycles. The van der Waals surface area contributed by atoms with Crippen molar-refractivity contribution < 1.29 is 14.9 Å². The van der Waals surface area contributed by atoms with E-state index in [1.807, 2.05) is 42.3 Å². The highest BCUT2D eigenvalue weighted by Gasteiger charge is 2.09. The number of likely N-dealkylation sites (N-methyl/N-ethyl adjacent to an activating group) is 1. The third-order valence-corrected chi connectivity index (χ3v) is 2.87. The average molecular weight is 267 g/mol. The molecule has 0 spiro atoms. The fourth-order valence-corrected chi connectivity index (χ4v) is 1.80. The number of nitrogens with zero attached hydrogens (tertiary/aromatic N) is 1. The van der Waals surface area contributed by atoms with Crippen molar-refractivity contribution in [2.45, 2.75) is 32.2 Å². The zero-order valence-corrected chi connectivity index (χ0v) is 11.8. The summed E-state index contributed by atoms with van der Waals surface area (Å²) in [6.45, 7) is 3.95. The van der Waals surface area contributed by atoms with E-state index in [1.165, 1.54) is 0 Å². The quantitative estimate of drug-likeness (QED) is 0.707. The number of ether oxygens (including phenoxy) is 1. The summed E-state index contributed by atoms with van der Waals surface area (Å²) >= 11 is 0. The van der Waals surface area contributed by atoms with Gasteiger partial charge in [-0.3, -0.25) is 0 Å². The Morgan fingerprint density at radius 1 is 1.21 bits per heavy atom. The summed E-state index contributed by atoms with van der Waals surface area (Å²) in [4.78, 5) is 2.00. The standard InChI is InChI=1S/C15H25NO3/c1-13(17)8-9-16(2)10-15(18)12-19-11-14-6-4-3-5-7-14/h3-7,13,15,17-18H,8-12H2,1-2H3. The van der Waals surface area contributed by atoms with Crippen LogP contribution < -0.4 is 0 Å². The average Bonchev–Trinajstić information content (AvgIpc) is 2.37. The van der Waals surface area contributed by atoms with Crippen LogP contribution >= 0.6 is 0 Å². The number of hydrogen-bond donors (Lipinski definition) is 2. The maximum Gasteiger partial charge on any atom is 0.0900 e. The van der Waals surface area contributed by atoms with E-state index < -0.39 is 6.10 Å². The van der Waals surface area contributed by atoms with E-state index >= 15 is 0 Å². The zero-order chi connectivity index (χ0) is 14.1. The molecule has 4 nitrogen and oxygen atoms in total. The van der Waals surface area contributed by atoms with Gasteiger partial charge in [-0.25, -0.2) is 0 Å². The van der Waals surface area contributed by atoms with Crippen molar-refractivity contribution in [2.24, 2.45) is 0 Å². The van der Waals surface area contributed by atoms with E-state index in [9.17, 15) is 10.2 Å². The molecule has 19 heavy (non-hydrogen) atoms. The molecule has 0 aliphatic carbocycles. The minimum Gasteiger partial charge on any atom is -0.393 e. The highest BCUT2D eigenvalue weighted by molar-refractivity contribution is 5.13. The Kier molecular flexibility index (Phi) is 7.67. The van der Waals surface area contributed by atoms with Gasteiger partial charge in [-0.1, -0.05) is 30.3 Å². The second-order valence-corrected chi connectivity index (χ2v) is 5.05. The summed E-state index contributed by atoms with van der Waals surface area (Å²) in [6, 6.07) is 9.91. The summed E-state index contributed by atoms with van der Waals surface area (Å²) in [6.07, 6.45) is -0.0784. The Morgan fingerprint density at radius 3 is 2.53 bits per heavy atom. The van der Waals surface area contributed by atoms with Crippen molar-refractivity contribution in [3.05, 3.63) is 35.9 Å². The minimum atomic E-state index is -0.497. The molecule has 0 heterocycles. The first-order valence-corrected chi connectivity index (χ1v) is 6.74. The van der Waals surface area contributed by atoms with Crippen LogP contribution in [0.25, 0.3) is 0 Å². The Balaban J connectivity index is 2.12. The van der Waals surface area contributed by atoms with Crippen LogP contribution in [0, 0.1) is 0 Å². The topological polar surface area (TPSA) is 52.9 Å². The predicted molar refractivity (Wildman–Crippen MR) is 75.9 cm³/mol. The van der Waals surface area contributed by atoms with Gasteiger partial charge < -0.3 is 19.8 Å². The summed E-state index contributed by atoms with van der Waals surface area (Å²) in [5.74, 6) is 0. The van der Waals surface area contributed by atoms with Crippen LogP contribution in [-0.2, 0) is 11.3 Å². The summed E-state index contributed by atoms with van der Waals surface area (Å²) in [5, 5.41) is 19.0. The summed E-state index contributed by atoms with van der Waals surface area (Å²) in [5.41, 5.74) is 1.11. The van der Waals surface area contributed by atoms with Crippen LogP contribution in [0.1, 0.15) is 18.9 Å². The van der Waals surface area contributed by atoms with E-state index in [0.29, 0.717) is 26.2 Å². The molecule has 0 bridgehead atoms. The lowest BCUT2D eigenvalue weighted by Gasteiger charge is -2.21. The molecule has 2 atom stereocenters. The van der Waals surface area contributed by atoms with Gasteiger partial charge in [0.2, 0.25) is 0 Å². The first kappa shape index (κ1) is 16.1. The second-order valence-electron chi connectivity index (χ2n) is 5.05. The molecule has 2 unspecified atom stereocenters. The van der Waals surface area contributed by atoms with Crippen LogP contribution in [0.15, 0.2) is 30.3 Å². The second kappa shape index (κ2) is 9.04. The Hall–Kier alpha value is -0.940. The van der Waals surface area contributed by atoms with Crippen LogP contribution in [0.3, 0.4) is 0 Å². The molecule has 0 aliphatic rings. The highest BCUT2D eigenvalue weighted by atomic mass is 16.5. The van der Waals surface area contributed by atoms with Crippen molar-refractivity contribution in [3.63, 3.8) is 0 Å². The third-order valence-electron chi connectivity index (χ3n) is 2.87.